The standard InChI is InChI=1S/C8H9N4O2/c1-6(9)10-12(14)8-5-3-2-4-7(8)11-13/h2-5,11H,1,9H2/q-1/b12-10+. The fourth-order valence-electron chi connectivity index (χ4n) is 0.897. The molecule has 0 aliphatic rings. The van der Waals surface area contributed by atoms with Crippen LogP contribution >= 0.6 is 0 Å². The predicted molar refractivity (Wildman–Crippen MR) is 52.5 cm³/mol. The Kier molecular flexibility index (Phi) is 3.03. The van der Waals surface area contributed by atoms with Crippen molar-refractivity contribution in [1.29, 1.82) is 0 Å². The highest BCUT2D eigenvalue weighted by atomic mass is 16.5. The Hall–Kier alpha value is -2.08. The first-order valence-electron chi connectivity index (χ1n) is 3.75. The summed E-state index contributed by atoms with van der Waals surface area (Å²) in [7, 11) is 0. The van der Waals surface area contributed by atoms with Crippen LogP contribution in [0.5, 0.6) is 0 Å². The third-order valence-corrected chi connectivity index (χ3v) is 1.44. The summed E-state index contributed by atoms with van der Waals surface area (Å²) in [6.45, 7) is 3.25. The van der Waals surface area contributed by atoms with Gasteiger partial charge in [-0.05, 0) is 10.9 Å². The Morgan fingerprint density at radius 1 is 1.50 bits per heavy atom. The van der Waals surface area contributed by atoms with Gasteiger partial charge in [0.15, 0.2) is 5.82 Å². The lowest BCUT2D eigenvalue weighted by Gasteiger charge is -2.10. The monoisotopic (exact) mass is 193 g/mol. The smallest absolute Gasteiger partial charge is 0.267 e. The molecule has 0 saturated carbocycles. The Labute approximate surface area is 80.5 Å². The molecular formula is C8H9N4O2-. The third-order valence-electron chi connectivity index (χ3n) is 1.44. The number of nitrogens with zero attached hydrogens (tertiary/aromatic N) is 2. The van der Waals surface area contributed by atoms with E-state index in [-0.39, 0.29) is 22.1 Å². The second-order valence-corrected chi connectivity index (χ2v) is 2.48. The zero-order valence-electron chi connectivity index (χ0n) is 7.30. The van der Waals surface area contributed by atoms with Crippen LogP contribution in [0.25, 0.3) is 0 Å². The average molecular weight is 193 g/mol. The molecule has 0 heterocycles. The van der Waals surface area contributed by atoms with E-state index in [1.165, 1.54) is 12.1 Å². The summed E-state index contributed by atoms with van der Waals surface area (Å²) in [6, 6.07) is 6.13. The molecule has 0 amide bonds. The largest absolute Gasteiger partial charge is 0.761 e. The molecule has 1 aromatic carbocycles. The van der Waals surface area contributed by atoms with Gasteiger partial charge in [-0.15, -0.1) is 0 Å². The van der Waals surface area contributed by atoms with E-state index >= 15 is 0 Å². The van der Waals surface area contributed by atoms with E-state index in [9.17, 15) is 10.4 Å². The van der Waals surface area contributed by atoms with Crippen molar-refractivity contribution in [1.82, 2.24) is 0 Å². The fraction of sp³-hybridized carbons (Fsp3) is 0. The summed E-state index contributed by atoms with van der Waals surface area (Å²) < 4.78 is 0. The highest BCUT2D eigenvalue weighted by Gasteiger charge is 2.07. The van der Waals surface area contributed by atoms with Crippen molar-refractivity contribution in [2.75, 3.05) is 5.48 Å². The Morgan fingerprint density at radius 2 is 2.14 bits per heavy atom. The van der Waals surface area contributed by atoms with Crippen LogP contribution in [-0.4, -0.2) is 4.86 Å². The van der Waals surface area contributed by atoms with Gasteiger partial charge in [-0.25, -0.2) is 0 Å². The van der Waals surface area contributed by atoms with E-state index in [0.717, 1.165) is 0 Å². The van der Waals surface area contributed by atoms with Crippen LogP contribution in [0.3, 0.4) is 0 Å². The normalized spacial score (nSPS) is 11.1. The minimum atomic E-state index is -0.124. The lowest BCUT2D eigenvalue weighted by atomic mass is 10.3. The van der Waals surface area contributed by atoms with Crippen LogP contribution in [0.4, 0.5) is 11.4 Å². The van der Waals surface area contributed by atoms with Crippen molar-refractivity contribution in [2.45, 2.75) is 0 Å². The molecule has 74 valence electrons. The SMILES string of the molecule is C=C(N)/N=[N+](/[O-])c1ccccc1N[O-]. The van der Waals surface area contributed by atoms with E-state index in [4.69, 9.17) is 5.73 Å². The Morgan fingerprint density at radius 3 is 2.71 bits per heavy atom. The highest BCUT2D eigenvalue weighted by Crippen LogP contribution is 2.23. The molecule has 0 fully saturated rings. The van der Waals surface area contributed by atoms with Crippen molar-refractivity contribution < 1.29 is 4.86 Å². The first-order valence-corrected chi connectivity index (χ1v) is 3.75. The van der Waals surface area contributed by atoms with Gasteiger partial charge in [-0.2, -0.15) is 0 Å². The minimum Gasteiger partial charge on any atom is -0.761 e. The zero-order chi connectivity index (χ0) is 10.6. The molecule has 14 heavy (non-hydrogen) atoms. The highest BCUT2D eigenvalue weighted by molar-refractivity contribution is 5.61. The zero-order valence-corrected chi connectivity index (χ0v) is 7.30. The third kappa shape index (κ3) is 2.20. The van der Waals surface area contributed by atoms with Crippen molar-refractivity contribution in [3.05, 3.63) is 47.1 Å². The van der Waals surface area contributed by atoms with E-state index in [2.05, 4.69) is 11.7 Å². The Balaban J connectivity index is 3.11. The number of anilines is 1. The van der Waals surface area contributed by atoms with Crippen LogP contribution in [0, 0.1) is 10.4 Å². The number of benzene rings is 1. The molecule has 0 spiro atoms. The number of azo groups is 1. The van der Waals surface area contributed by atoms with Gasteiger partial charge in [-0.1, -0.05) is 18.7 Å². The maximum Gasteiger partial charge on any atom is 0.267 e. The van der Waals surface area contributed by atoms with Gasteiger partial charge in [0.1, 0.15) is 5.69 Å². The van der Waals surface area contributed by atoms with Crippen molar-refractivity contribution in [3.8, 4) is 0 Å². The summed E-state index contributed by atoms with van der Waals surface area (Å²) in [5.74, 6) is -0.124. The van der Waals surface area contributed by atoms with Gasteiger partial charge in [0.05, 0.1) is 0 Å². The molecule has 1 aromatic rings. The topological polar surface area (TPSA) is 99.5 Å². The second-order valence-electron chi connectivity index (χ2n) is 2.48. The molecule has 0 bridgehead atoms. The van der Waals surface area contributed by atoms with Gasteiger partial charge < -0.3 is 21.6 Å². The number of para-hydroxylation sites is 2. The van der Waals surface area contributed by atoms with E-state index in [0.29, 0.717) is 0 Å². The van der Waals surface area contributed by atoms with Crippen LogP contribution < -0.4 is 11.2 Å². The molecule has 0 saturated heterocycles. The van der Waals surface area contributed by atoms with Gasteiger partial charge in [0, 0.05) is 11.2 Å². The van der Waals surface area contributed by atoms with Gasteiger partial charge in [0.2, 0.25) is 0 Å². The molecule has 0 aliphatic carbocycles. The molecule has 0 aliphatic heterocycles. The lowest BCUT2D eigenvalue weighted by molar-refractivity contribution is -0.437. The first kappa shape index (κ1) is 10.0. The first-order chi connectivity index (χ1) is 6.65. The van der Waals surface area contributed by atoms with Crippen LogP contribution in [0.1, 0.15) is 0 Å². The molecular weight excluding hydrogens is 184 g/mol. The predicted octanol–water partition coefficient (Wildman–Crippen LogP) is 1.62. The minimum absolute atomic E-state index is 0.0918. The Bertz CT molecular complexity index is 375. The number of rotatable bonds is 3. The van der Waals surface area contributed by atoms with Crippen molar-refractivity contribution >= 4 is 11.4 Å². The second kappa shape index (κ2) is 4.24. The average Bonchev–Trinajstić information content (AvgIpc) is 2.16. The number of hydrogen-bond acceptors (Lipinski definition) is 5. The van der Waals surface area contributed by atoms with E-state index in [1.54, 1.807) is 17.6 Å². The van der Waals surface area contributed by atoms with Crippen LogP contribution in [-0.2, 0) is 0 Å². The molecule has 6 heteroatoms. The van der Waals surface area contributed by atoms with Crippen molar-refractivity contribution in [3.63, 3.8) is 0 Å². The van der Waals surface area contributed by atoms with Crippen LogP contribution in [0.15, 0.2) is 41.8 Å². The molecule has 3 N–H and O–H groups in total. The summed E-state index contributed by atoms with van der Waals surface area (Å²) in [6.07, 6.45) is 0. The number of hydrogen-bond donors (Lipinski definition) is 2. The molecule has 6 nitrogen and oxygen atoms in total. The maximum absolute atomic E-state index is 11.3. The fourth-order valence-corrected chi connectivity index (χ4v) is 0.897. The molecule has 1 rings (SSSR count). The lowest BCUT2D eigenvalue weighted by Crippen LogP contribution is -2.00. The summed E-state index contributed by atoms with van der Waals surface area (Å²) in [5.41, 5.74) is 6.97. The van der Waals surface area contributed by atoms with Crippen molar-refractivity contribution in [2.24, 2.45) is 10.8 Å². The van der Waals surface area contributed by atoms with E-state index < -0.39 is 0 Å². The quantitative estimate of drug-likeness (QED) is 0.432. The summed E-state index contributed by atoms with van der Waals surface area (Å²) in [4.78, 5) is 0.239. The molecule has 0 atom stereocenters. The number of nitrogens with one attached hydrogen (secondary N) is 1. The van der Waals surface area contributed by atoms with E-state index in [1.807, 2.05) is 0 Å². The number of nitrogens with two attached hydrogens (primary N) is 1. The molecule has 0 aromatic heterocycles. The van der Waals surface area contributed by atoms with Gasteiger partial charge >= 0.3 is 0 Å². The summed E-state index contributed by atoms with van der Waals surface area (Å²) in [5, 5.41) is 25.0. The molecule has 0 unspecified atom stereocenters. The van der Waals surface area contributed by atoms with Gasteiger partial charge in [0.25, 0.3) is 5.69 Å². The summed E-state index contributed by atoms with van der Waals surface area (Å²) >= 11 is 0. The maximum atomic E-state index is 11.3. The molecule has 0 radical (unpaired) electrons. The van der Waals surface area contributed by atoms with Gasteiger partial charge in [-0.3, -0.25) is 0 Å². The van der Waals surface area contributed by atoms with Crippen LogP contribution in [0.2, 0.25) is 0 Å².